The van der Waals surface area contributed by atoms with Crippen molar-refractivity contribution in [2.24, 2.45) is 0 Å². The van der Waals surface area contributed by atoms with Crippen LogP contribution in [0, 0.1) is 0 Å². The zero-order valence-corrected chi connectivity index (χ0v) is 11.0. The number of benzene rings is 1. The molecular weight excluding hydrogens is 266 g/mol. The Morgan fingerprint density at radius 2 is 1.70 bits per heavy atom. The van der Waals surface area contributed by atoms with Crippen LogP contribution in [0.4, 0.5) is 15.3 Å². The first-order valence-corrected chi connectivity index (χ1v) is 5.99. The fourth-order valence-corrected chi connectivity index (χ4v) is 1.37. The first-order chi connectivity index (χ1) is 9.51. The molecule has 0 fully saturated rings. The molecule has 20 heavy (non-hydrogen) atoms. The van der Waals surface area contributed by atoms with E-state index in [0.717, 1.165) is 6.07 Å². The van der Waals surface area contributed by atoms with Crippen molar-refractivity contribution < 1.29 is 24.5 Å². The lowest BCUT2D eigenvalue weighted by molar-refractivity contribution is 0.152. The van der Waals surface area contributed by atoms with Crippen molar-refractivity contribution in [3.63, 3.8) is 0 Å². The Labute approximate surface area is 115 Å². The van der Waals surface area contributed by atoms with Crippen molar-refractivity contribution in [2.45, 2.75) is 6.92 Å². The van der Waals surface area contributed by atoms with Gasteiger partial charge < -0.3 is 30.9 Å². The lowest BCUT2D eigenvalue weighted by Gasteiger charge is -2.09. The third-order valence-electron chi connectivity index (χ3n) is 2.12. The zero-order chi connectivity index (χ0) is 15.0. The maximum absolute atomic E-state index is 11.5. The highest BCUT2D eigenvalue weighted by Gasteiger charge is 2.04. The molecule has 0 atom stereocenters. The van der Waals surface area contributed by atoms with Crippen molar-refractivity contribution in [3.8, 4) is 11.5 Å². The van der Waals surface area contributed by atoms with E-state index in [4.69, 9.17) is 0 Å². The Morgan fingerprint density at radius 1 is 1.10 bits per heavy atom. The molecule has 0 aliphatic rings. The summed E-state index contributed by atoms with van der Waals surface area (Å²) in [6.07, 6.45) is -0.549. The Kier molecular flexibility index (Phi) is 5.95. The monoisotopic (exact) mass is 283 g/mol. The third kappa shape index (κ3) is 5.80. The number of ether oxygens (including phenoxy) is 1. The summed E-state index contributed by atoms with van der Waals surface area (Å²) in [6, 6.07) is 3.19. The van der Waals surface area contributed by atoms with Crippen LogP contribution < -0.4 is 16.0 Å². The van der Waals surface area contributed by atoms with Crippen molar-refractivity contribution in [2.75, 3.05) is 25.0 Å². The fourth-order valence-electron chi connectivity index (χ4n) is 1.37. The van der Waals surface area contributed by atoms with Crippen molar-refractivity contribution in [3.05, 3.63) is 18.2 Å². The molecule has 0 aliphatic heterocycles. The second-order valence-corrected chi connectivity index (χ2v) is 3.77. The summed E-state index contributed by atoms with van der Waals surface area (Å²) in [5.74, 6) is -0.325. The molecule has 3 amide bonds. The van der Waals surface area contributed by atoms with Gasteiger partial charge in [0.2, 0.25) is 0 Å². The molecule has 0 radical (unpaired) electrons. The molecule has 0 spiro atoms. The predicted molar refractivity (Wildman–Crippen MR) is 71.8 cm³/mol. The number of phenolic OH excluding ortho intramolecular Hbond substituents is 2. The largest absolute Gasteiger partial charge is 0.508 e. The van der Waals surface area contributed by atoms with Gasteiger partial charge in [0.05, 0.1) is 6.61 Å². The summed E-state index contributed by atoms with van der Waals surface area (Å²) in [6.45, 7) is 2.39. The minimum atomic E-state index is -0.549. The number of aromatic hydroxyl groups is 2. The van der Waals surface area contributed by atoms with Crippen LogP contribution in [0.1, 0.15) is 6.92 Å². The van der Waals surface area contributed by atoms with Gasteiger partial charge in [-0.05, 0) is 6.92 Å². The molecule has 1 rings (SSSR count). The van der Waals surface area contributed by atoms with E-state index < -0.39 is 12.1 Å². The molecule has 0 saturated carbocycles. The van der Waals surface area contributed by atoms with Crippen LogP contribution in [0.15, 0.2) is 18.2 Å². The molecule has 5 N–H and O–H groups in total. The number of urea groups is 1. The maximum Gasteiger partial charge on any atom is 0.407 e. The van der Waals surface area contributed by atoms with Gasteiger partial charge in [-0.25, -0.2) is 9.59 Å². The summed E-state index contributed by atoms with van der Waals surface area (Å²) in [5.41, 5.74) is 0.248. The number of alkyl carbamates (subject to hydrolysis) is 1. The lowest BCUT2D eigenvalue weighted by Crippen LogP contribution is -2.37. The van der Waals surface area contributed by atoms with Gasteiger partial charge in [0, 0.05) is 37.0 Å². The lowest BCUT2D eigenvalue weighted by atomic mass is 10.3. The van der Waals surface area contributed by atoms with E-state index in [0.29, 0.717) is 0 Å². The Balaban J connectivity index is 2.28. The molecule has 8 heteroatoms. The first kappa shape index (κ1) is 15.4. The molecule has 0 heterocycles. The molecular formula is C12H17N3O5. The van der Waals surface area contributed by atoms with Gasteiger partial charge >= 0.3 is 12.1 Å². The molecule has 0 unspecified atom stereocenters. The highest BCUT2D eigenvalue weighted by Crippen LogP contribution is 2.23. The van der Waals surface area contributed by atoms with Gasteiger partial charge in [0.1, 0.15) is 11.5 Å². The molecule has 1 aromatic carbocycles. The van der Waals surface area contributed by atoms with E-state index in [2.05, 4.69) is 20.7 Å². The van der Waals surface area contributed by atoms with Crippen molar-refractivity contribution >= 4 is 17.8 Å². The summed E-state index contributed by atoms with van der Waals surface area (Å²) >= 11 is 0. The number of phenols is 2. The number of anilines is 1. The normalized spacial score (nSPS) is 9.65. The SMILES string of the molecule is CCOC(=O)NCCNC(=O)Nc1cc(O)cc(O)c1. The van der Waals surface area contributed by atoms with Crippen LogP contribution >= 0.6 is 0 Å². The first-order valence-electron chi connectivity index (χ1n) is 5.99. The van der Waals surface area contributed by atoms with Crippen molar-refractivity contribution in [1.82, 2.24) is 10.6 Å². The summed E-state index contributed by atoms with van der Waals surface area (Å²) in [7, 11) is 0. The van der Waals surface area contributed by atoms with Gasteiger partial charge in [0.15, 0.2) is 0 Å². The Morgan fingerprint density at radius 3 is 2.30 bits per heavy atom. The number of hydrogen-bond acceptors (Lipinski definition) is 5. The third-order valence-corrected chi connectivity index (χ3v) is 2.12. The van der Waals surface area contributed by atoms with E-state index in [1.165, 1.54) is 12.1 Å². The van der Waals surface area contributed by atoms with Gasteiger partial charge in [0.25, 0.3) is 0 Å². The number of hydrogen-bond donors (Lipinski definition) is 5. The quantitative estimate of drug-likeness (QED) is 0.516. The van der Waals surface area contributed by atoms with Gasteiger partial charge in [-0.2, -0.15) is 0 Å². The van der Waals surface area contributed by atoms with Crippen molar-refractivity contribution in [1.29, 1.82) is 0 Å². The maximum atomic E-state index is 11.5. The highest BCUT2D eigenvalue weighted by molar-refractivity contribution is 5.89. The fraction of sp³-hybridized carbons (Fsp3) is 0.333. The predicted octanol–water partition coefficient (Wildman–Crippen LogP) is 0.965. The Hall–Kier alpha value is -2.64. The molecule has 0 aliphatic carbocycles. The van der Waals surface area contributed by atoms with E-state index in [-0.39, 0.29) is 36.9 Å². The van der Waals surface area contributed by atoms with Crippen LogP contribution in [-0.2, 0) is 4.74 Å². The van der Waals surface area contributed by atoms with Crippen LogP contribution in [0.5, 0.6) is 11.5 Å². The average molecular weight is 283 g/mol. The van der Waals surface area contributed by atoms with Gasteiger partial charge in [-0.15, -0.1) is 0 Å². The molecule has 0 aromatic heterocycles. The van der Waals surface area contributed by atoms with E-state index in [9.17, 15) is 19.8 Å². The summed E-state index contributed by atoms with van der Waals surface area (Å²) in [5, 5.41) is 25.8. The second-order valence-electron chi connectivity index (χ2n) is 3.77. The standard InChI is InChI=1S/C12H17N3O5/c1-2-20-12(19)14-4-3-13-11(18)15-8-5-9(16)7-10(17)6-8/h5-7,16-17H,2-4H2,1H3,(H,14,19)(H2,13,15,18). The molecule has 0 saturated heterocycles. The zero-order valence-electron chi connectivity index (χ0n) is 11.0. The summed E-state index contributed by atoms with van der Waals surface area (Å²) < 4.78 is 4.64. The topological polar surface area (TPSA) is 120 Å². The minimum Gasteiger partial charge on any atom is -0.508 e. The van der Waals surface area contributed by atoms with Crippen LogP contribution in [0.2, 0.25) is 0 Å². The Bertz CT molecular complexity index is 458. The summed E-state index contributed by atoms with van der Waals surface area (Å²) in [4.78, 5) is 22.4. The van der Waals surface area contributed by atoms with E-state index >= 15 is 0 Å². The number of rotatable bonds is 5. The number of amides is 3. The number of carbonyl (C=O) groups excluding carboxylic acids is 2. The van der Waals surface area contributed by atoms with Crippen LogP contribution in [-0.4, -0.2) is 42.0 Å². The smallest absolute Gasteiger partial charge is 0.407 e. The molecule has 0 bridgehead atoms. The van der Waals surface area contributed by atoms with Crippen LogP contribution in [0.25, 0.3) is 0 Å². The second kappa shape index (κ2) is 7.72. The minimum absolute atomic E-state index is 0.163. The highest BCUT2D eigenvalue weighted by atomic mass is 16.5. The van der Waals surface area contributed by atoms with Gasteiger partial charge in [-0.3, -0.25) is 0 Å². The molecule has 8 nitrogen and oxygen atoms in total. The van der Waals surface area contributed by atoms with Crippen LogP contribution in [0.3, 0.4) is 0 Å². The number of nitrogens with one attached hydrogen (secondary N) is 3. The van der Waals surface area contributed by atoms with Gasteiger partial charge in [-0.1, -0.05) is 0 Å². The molecule has 110 valence electrons. The van der Waals surface area contributed by atoms with E-state index in [1.54, 1.807) is 6.92 Å². The average Bonchev–Trinajstić information content (AvgIpc) is 2.33. The number of carbonyl (C=O) groups is 2. The van der Waals surface area contributed by atoms with E-state index in [1.807, 2.05) is 0 Å². The molecule has 1 aromatic rings.